The smallest absolute Gasteiger partial charge is 0.344 e. The van der Waals surface area contributed by atoms with Gasteiger partial charge in [-0.2, -0.15) is 0 Å². The summed E-state index contributed by atoms with van der Waals surface area (Å²) in [7, 11) is 0. The van der Waals surface area contributed by atoms with Gasteiger partial charge in [-0.1, -0.05) is 23.9 Å². The summed E-state index contributed by atoms with van der Waals surface area (Å²) in [6.07, 6.45) is 0. The highest BCUT2D eigenvalue weighted by molar-refractivity contribution is 7.98. The number of rotatable bonds is 4. The average molecular weight is 264 g/mol. The molecule has 0 aliphatic carbocycles. The summed E-state index contributed by atoms with van der Waals surface area (Å²) in [4.78, 5) is 11.6. The number of H-pyrrole nitrogens is 1. The Hall–Kier alpha value is -1.69. The molecule has 0 fully saturated rings. The van der Waals surface area contributed by atoms with Gasteiger partial charge in [0.2, 0.25) is 0 Å². The minimum absolute atomic E-state index is 0.102. The first kappa shape index (κ1) is 12.8. The zero-order valence-electron chi connectivity index (χ0n) is 10.4. The number of aromatic nitrogens is 3. The predicted molar refractivity (Wildman–Crippen MR) is 73.6 cm³/mol. The van der Waals surface area contributed by atoms with E-state index >= 15 is 0 Å². The summed E-state index contributed by atoms with van der Waals surface area (Å²) >= 11 is 1.53. The second-order valence-corrected chi connectivity index (χ2v) is 5.25. The maximum Gasteiger partial charge on any atom is 0.344 e. The number of thioether (sulfide) groups is 1. The Morgan fingerprint density at radius 3 is 2.67 bits per heavy atom. The summed E-state index contributed by atoms with van der Waals surface area (Å²) in [5.74, 6) is 0.761. The molecule has 0 aliphatic heterocycles. The fourth-order valence-electron chi connectivity index (χ4n) is 1.61. The Morgan fingerprint density at radius 2 is 2.06 bits per heavy atom. The van der Waals surface area contributed by atoms with Crippen LogP contribution in [0.15, 0.2) is 34.2 Å². The van der Waals surface area contributed by atoms with Crippen molar-refractivity contribution < 1.29 is 0 Å². The molecule has 2 aromatic rings. The van der Waals surface area contributed by atoms with Crippen LogP contribution in [0, 0.1) is 0 Å². The number of anilines is 1. The Balaban J connectivity index is 2.11. The maximum atomic E-state index is 11.6. The van der Waals surface area contributed by atoms with Crippen LogP contribution in [0.25, 0.3) is 0 Å². The summed E-state index contributed by atoms with van der Waals surface area (Å²) < 4.78 is 1.65. The molecule has 0 amide bonds. The number of nitrogens with two attached hydrogens (primary N) is 1. The third-order valence-corrected chi connectivity index (χ3v) is 3.56. The quantitative estimate of drug-likeness (QED) is 0.654. The standard InChI is InChI=1S/C12H16N4OS/c1-8(2)16-11(17)14-15-12(16)18-7-9-3-5-10(13)6-4-9/h3-6,8H,7,13H2,1-2H3,(H,14,17). The van der Waals surface area contributed by atoms with Gasteiger partial charge in [-0.25, -0.2) is 9.89 Å². The summed E-state index contributed by atoms with van der Waals surface area (Å²) in [6.45, 7) is 3.92. The predicted octanol–water partition coefficient (Wildman–Crippen LogP) is 2.03. The van der Waals surface area contributed by atoms with Gasteiger partial charge >= 0.3 is 5.69 Å². The topological polar surface area (TPSA) is 76.7 Å². The van der Waals surface area contributed by atoms with Crippen molar-refractivity contribution in [2.75, 3.05) is 5.73 Å². The molecule has 0 spiro atoms. The van der Waals surface area contributed by atoms with E-state index in [1.807, 2.05) is 38.1 Å². The van der Waals surface area contributed by atoms with Crippen molar-refractivity contribution in [1.82, 2.24) is 14.8 Å². The molecular weight excluding hydrogens is 248 g/mol. The molecule has 6 heteroatoms. The van der Waals surface area contributed by atoms with Crippen molar-refractivity contribution in [2.45, 2.75) is 30.8 Å². The first-order valence-electron chi connectivity index (χ1n) is 5.72. The van der Waals surface area contributed by atoms with Crippen molar-refractivity contribution in [3.05, 3.63) is 40.3 Å². The number of nitrogens with one attached hydrogen (secondary N) is 1. The number of aromatic amines is 1. The highest BCUT2D eigenvalue weighted by atomic mass is 32.2. The van der Waals surface area contributed by atoms with Gasteiger partial charge in [-0.15, -0.1) is 5.10 Å². The third-order valence-electron chi connectivity index (χ3n) is 2.54. The van der Waals surface area contributed by atoms with Gasteiger partial charge in [0.25, 0.3) is 0 Å². The van der Waals surface area contributed by atoms with Crippen molar-refractivity contribution in [1.29, 1.82) is 0 Å². The van der Waals surface area contributed by atoms with Crippen LogP contribution in [-0.4, -0.2) is 14.8 Å². The van der Waals surface area contributed by atoms with E-state index in [-0.39, 0.29) is 11.7 Å². The molecule has 5 nitrogen and oxygen atoms in total. The zero-order chi connectivity index (χ0) is 13.1. The zero-order valence-corrected chi connectivity index (χ0v) is 11.2. The summed E-state index contributed by atoms with van der Waals surface area (Å²) in [6, 6.07) is 7.80. The van der Waals surface area contributed by atoms with Crippen LogP contribution in [0.1, 0.15) is 25.5 Å². The van der Waals surface area contributed by atoms with Gasteiger partial charge in [0, 0.05) is 17.5 Å². The summed E-state index contributed by atoms with van der Waals surface area (Å²) in [5.41, 5.74) is 7.37. The Bertz CT molecular complexity index is 571. The molecule has 0 unspecified atom stereocenters. The molecule has 1 aromatic heterocycles. The molecule has 18 heavy (non-hydrogen) atoms. The van der Waals surface area contributed by atoms with Crippen molar-refractivity contribution in [3.8, 4) is 0 Å². The highest BCUT2D eigenvalue weighted by Crippen LogP contribution is 2.22. The van der Waals surface area contributed by atoms with Crippen LogP contribution in [0.5, 0.6) is 0 Å². The number of hydrogen-bond acceptors (Lipinski definition) is 4. The fourth-order valence-corrected chi connectivity index (χ4v) is 2.64. The van der Waals surface area contributed by atoms with Gasteiger partial charge in [0.1, 0.15) is 0 Å². The first-order chi connectivity index (χ1) is 8.58. The molecule has 0 saturated heterocycles. The van der Waals surface area contributed by atoms with Crippen molar-refractivity contribution >= 4 is 17.4 Å². The lowest BCUT2D eigenvalue weighted by Crippen LogP contribution is -2.19. The third kappa shape index (κ3) is 2.76. The molecule has 3 N–H and O–H groups in total. The van der Waals surface area contributed by atoms with Crippen LogP contribution in [-0.2, 0) is 5.75 Å². The lowest BCUT2D eigenvalue weighted by atomic mass is 10.2. The van der Waals surface area contributed by atoms with E-state index in [4.69, 9.17) is 5.73 Å². The van der Waals surface area contributed by atoms with Crippen LogP contribution in [0.3, 0.4) is 0 Å². The number of hydrogen-bond donors (Lipinski definition) is 2. The van der Waals surface area contributed by atoms with E-state index in [9.17, 15) is 4.79 Å². The van der Waals surface area contributed by atoms with E-state index in [0.717, 1.165) is 17.0 Å². The van der Waals surface area contributed by atoms with Gasteiger partial charge < -0.3 is 5.73 Å². The lowest BCUT2D eigenvalue weighted by molar-refractivity contribution is 0.534. The van der Waals surface area contributed by atoms with E-state index in [1.54, 1.807) is 4.57 Å². The van der Waals surface area contributed by atoms with Gasteiger partial charge in [0.05, 0.1) is 0 Å². The Morgan fingerprint density at radius 1 is 1.39 bits per heavy atom. The van der Waals surface area contributed by atoms with Crippen molar-refractivity contribution in [2.24, 2.45) is 0 Å². The van der Waals surface area contributed by atoms with E-state index in [2.05, 4.69) is 10.2 Å². The highest BCUT2D eigenvalue weighted by Gasteiger charge is 2.11. The van der Waals surface area contributed by atoms with E-state index in [0.29, 0.717) is 5.16 Å². The normalized spacial score (nSPS) is 11.1. The number of nitrogen functional groups attached to an aromatic ring is 1. The van der Waals surface area contributed by atoms with Crippen LogP contribution >= 0.6 is 11.8 Å². The molecule has 0 atom stereocenters. The maximum absolute atomic E-state index is 11.6. The molecule has 96 valence electrons. The Labute approximate surface area is 109 Å². The van der Waals surface area contributed by atoms with Crippen molar-refractivity contribution in [3.63, 3.8) is 0 Å². The number of benzene rings is 1. The minimum atomic E-state index is -0.162. The lowest BCUT2D eigenvalue weighted by Gasteiger charge is -2.08. The molecule has 0 saturated carbocycles. The van der Waals surface area contributed by atoms with E-state index in [1.165, 1.54) is 11.8 Å². The Kier molecular flexibility index (Phi) is 3.76. The molecule has 1 heterocycles. The summed E-state index contributed by atoms with van der Waals surface area (Å²) in [5, 5.41) is 7.23. The van der Waals surface area contributed by atoms with E-state index < -0.39 is 0 Å². The second-order valence-electron chi connectivity index (χ2n) is 4.31. The largest absolute Gasteiger partial charge is 0.399 e. The molecule has 2 rings (SSSR count). The first-order valence-corrected chi connectivity index (χ1v) is 6.70. The van der Waals surface area contributed by atoms with Gasteiger partial charge in [-0.05, 0) is 31.5 Å². The molecule has 0 radical (unpaired) electrons. The SMILES string of the molecule is CC(C)n1c(SCc2ccc(N)cc2)n[nH]c1=O. The van der Waals surface area contributed by atoms with Crippen LogP contribution in [0.4, 0.5) is 5.69 Å². The number of nitrogens with zero attached hydrogens (tertiary/aromatic N) is 2. The molecular formula is C12H16N4OS. The average Bonchev–Trinajstić information content (AvgIpc) is 2.70. The molecule has 0 aliphatic rings. The van der Waals surface area contributed by atoms with Gasteiger partial charge in [-0.3, -0.25) is 4.57 Å². The molecule has 0 bridgehead atoms. The molecule has 1 aromatic carbocycles. The monoisotopic (exact) mass is 264 g/mol. The fraction of sp³-hybridized carbons (Fsp3) is 0.333. The minimum Gasteiger partial charge on any atom is -0.399 e. The van der Waals surface area contributed by atoms with Gasteiger partial charge in [0.15, 0.2) is 5.16 Å². The second kappa shape index (κ2) is 5.30. The van der Waals surface area contributed by atoms with Crippen LogP contribution < -0.4 is 11.4 Å². The van der Waals surface area contributed by atoms with Crippen LogP contribution in [0.2, 0.25) is 0 Å².